The van der Waals surface area contributed by atoms with Gasteiger partial charge in [0.15, 0.2) is 5.78 Å². The fourth-order valence-corrected chi connectivity index (χ4v) is 2.26. The van der Waals surface area contributed by atoms with E-state index in [1.54, 1.807) is 0 Å². The number of para-hydroxylation sites is 1. The Kier molecular flexibility index (Phi) is 4.50. The average Bonchev–Trinajstić information content (AvgIpc) is 2.47. The van der Waals surface area contributed by atoms with Crippen molar-refractivity contribution in [2.75, 3.05) is 6.61 Å². The van der Waals surface area contributed by atoms with Crippen LogP contribution in [0.2, 0.25) is 0 Å². The lowest BCUT2D eigenvalue weighted by Gasteiger charge is -2.26. The molecule has 0 amide bonds. The van der Waals surface area contributed by atoms with Crippen molar-refractivity contribution in [1.82, 2.24) is 4.98 Å². The van der Waals surface area contributed by atoms with Crippen molar-refractivity contribution in [3.8, 4) is 0 Å². The van der Waals surface area contributed by atoms with Gasteiger partial charge in [-0.1, -0.05) is 31.2 Å². The van der Waals surface area contributed by atoms with Gasteiger partial charge in [0.25, 0.3) is 0 Å². The summed E-state index contributed by atoms with van der Waals surface area (Å²) in [6.45, 7) is 6.29. The van der Waals surface area contributed by atoms with Crippen LogP contribution in [-0.4, -0.2) is 23.0 Å². The molecule has 1 aromatic carbocycles. The average molecular weight is 271 g/mol. The molecule has 20 heavy (non-hydrogen) atoms. The van der Waals surface area contributed by atoms with Crippen molar-refractivity contribution < 1.29 is 9.53 Å². The number of nitrogens with zero attached hydrogens (tertiary/aromatic N) is 1. The molecule has 0 aliphatic heterocycles. The number of aromatic nitrogens is 1. The molecule has 1 aromatic heterocycles. The van der Waals surface area contributed by atoms with Crippen LogP contribution in [0.25, 0.3) is 10.9 Å². The number of ketones is 1. The molecule has 0 spiro atoms. The van der Waals surface area contributed by atoms with Crippen LogP contribution in [0.4, 0.5) is 0 Å². The molecule has 0 aliphatic rings. The van der Waals surface area contributed by atoms with Crippen LogP contribution in [0.3, 0.4) is 0 Å². The molecule has 1 heterocycles. The molecule has 1 atom stereocenters. The summed E-state index contributed by atoms with van der Waals surface area (Å²) in [7, 11) is 0. The predicted octanol–water partition coefficient (Wildman–Crippen LogP) is 3.55. The summed E-state index contributed by atoms with van der Waals surface area (Å²) in [5.74, 6) is 0.0876. The van der Waals surface area contributed by atoms with Crippen LogP contribution < -0.4 is 0 Å². The Morgan fingerprint density at radius 3 is 2.65 bits per heavy atom. The zero-order valence-corrected chi connectivity index (χ0v) is 12.3. The maximum atomic E-state index is 12.4. The second-order valence-electron chi connectivity index (χ2n) is 5.11. The number of Topliss-reactive ketones (excluding diaryl/α,β-unsaturated/α-hetero) is 1. The first-order valence-corrected chi connectivity index (χ1v) is 7.11. The van der Waals surface area contributed by atoms with E-state index in [0.717, 1.165) is 16.6 Å². The standard InChI is InChI=1S/C17H21NO2/c1-4-17(3,20-5-2)16(19)12-14-11-10-13-8-6-7-9-15(13)18-14/h6-11H,4-5,12H2,1-3H3. The fraction of sp³-hybridized carbons (Fsp3) is 0.412. The largest absolute Gasteiger partial charge is 0.368 e. The fourth-order valence-electron chi connectivity index (χ4n) is 2.26. The third kappa shape index (κ3) is 3.05. The minimum Gasteiger partial charge on any atom is -0.368 e. The normalized spacial score (nSPS) is 14.2. The van der Waals surface area contributed by atoms with E-state index in [0.29, 0.717) is 19.4 Å². The predicted molar refractivity (Wildman–Crippen MR) is 80.8 cm³/mol. The third-order valence-corrected chi connectivity index (χ3v) is 3.73. The maximum absolute atomic E-state index is 12.4. The molecule has 0 saturated carbocycles. The Morgan fingerprint density at radius 1 is 1.20 bits per heavy atom. The Balaban J connectivity index is 2.21. The quantitative estimate of drug-likeness (QED) is 0.806. The van der Waals surface area contributed by atoms with E-state index in [2.05, 4.69) is 4.98 Å². The van der Waals surface area contributed by atoms with Gasteiger partial charge in [0.05, 0.1) is 11.9 Å². The number of ether oxygens (including phenoxy) is 1. The monoisotopic (exact) mass is 271 g/mol. The van der Waals surface area contributed by atoms with Crippen molar-refractivity contribution in [3.63, 3.8) is 0 Å². The first kappa shape index (κ1) is 14.7. The summed E-state index contributed by atoms with van der Waals surface area (Å²) in [5.41, 5.74) is 1.02. The van der Waals surface area contributed by atoms with Crippen LogP contribution in [0.1, 0.15) is 32.9 Å². The van der Waals surface area contributed by atoms with Crippen molar-refractivity contribution in [3.05, 3.63) is 42.1 Å². The lowest BCUT2D eigenvalue weighted by molar-refractivity contribution is -0.141. The minimum atomic E-state index is -0.706. The Morgan fingerprint density at radius 2 is 1.95 bits per heavy atom. The van der Waals surface area contributed by atoms with Gasteiger partial charge in [-0.15, -0.1) is 0 Å². The molecule has 2 aromatic rings. The van der Waals surface area contributed by atoms with Crippen LogP contribution in [-0.2, 0) is 16.0 Å². The molecular formula is C17H21NO2. The van der Waals surface area contributed by atoms with Crippen LogP contribution in [0, 0.1) is 0 Å². The Bertz CT molecular complexity index is 609. The molecule has 0 aliphatic carbocycles. The summed E-state index contributed by atoms with van der Waals surface area (Å²) in [6, 6.07) is 11.8. The van der Waals surface area contributed by atoms with Crippen LogP contribution in [0.5, 0.6) is 0 Å². The number of hydrogen-bond acceptors (Lipinski definition) is 3. The van der Waals surface area contributed by atoms with Gasteiger partial charge < -0.3 is 4.74 Å². The molecule has 1 unspecified atom stereocenters. The zero-order chi connectivity index (χ0) is 14.6. The number of benzene rings is 1. The first-order chi connectivity index (χ1) is 9.59. The molecule has 106 valence electrons. The molecular weight excluding hydrogens is 250 g/mol. The van der Waals surface area contributed by atoms with Gasteiger partial charge in [0, 0.05) is 17.7 Å². The van der Waals surface area contributed by atoms with E-state index >= 15 is 0 Å². The maximum Gasteiger partial charge on any atom is 0.170 e. The lowest BCUT2D eigenvalue weighted by Crippen LogP contribution is -2.39. The summed E-state index contributed by atoms with van der Waals surface area (Å²) < 4.78 is 5.62. The summed E-state index contributed by atoms with van der Waals surface area (Å²) in [5, 5.41) is 1.09. The first-order valence-electron chi connectivity index (χ1n) is 7.11. The highest BCUT2D eigenvalue weighted by Gasteiger charge is 2.31. The molecule has 3 nitrogen and oxygen atoms in total. The third-order valence-electron chi connectivity index (χ3n) is 3.73. The number of fused-ring (bicyclic) bond motifs is 1. The van der Waals surface area contributed by atoms with Gasteiger partial charge in [-0.3, -0.25) is 9.78 Å². The van der Waals surface area contributed by atoms with Gasteiger partial charge >= 0.3 is 0 Å². The number of hydrogen-bond donors (Lipinski definition) is 0. The number of rotatable bonds is 6. The number of carbonyl (C=O) groups is 1. The molecule has 2 rings (SSSR count). The highest BCUT2D eigenvalue weighted by atomic mass is 16.5. The van der Waals surface area contributed by atoms with E-state index in [1.807, 2.05) is 57.2 Å². The SMILES string of the molecule is CCOC(C)(CC)C(=O)Cc1ccc2ccccc2n1. The molecule has 0 fully saturated rings. The Hall–Kier alpha value is -1.74. The Labute approximate surface area is 120 Å². The van der Waals surface area contributed by atoms with Gasteiger partial charge in [-0.2, -0.15) is 0 Å². The van der Waals surface area contributed by atoms with Crippen LogP contribution in [0.15, 0.2) is 36.4 Å². The second-order valence-corrected chi connectivity index (χ2v) is 5.11. The molecule has 0 radical (unpaired) electrons. The van der Waals surface area contributed by atoms with Gasteiger partial charge in [-0.25, -0.2) is 0 Å². The number of pyridine rings is 1. The van der Waals surface area contributed by atoms with Crippen molar-refractivity contribution in [2.45, 2.75) is 39.2 Å². The van der Waals surface area contributed by atoms with Gasteiger partial charge in [-0.05, 0) is 32.4 Å². The van der Waals surface area contributed by atoms with Crippen LogP contribution >= 0.6 is 0 Å². The molecule has 0 N–H and O–H groups in total. The second kappa shape index (κ2) is 6.14. The van der Waals surface area contributed by atoms with E-state index < -0.39 is 5.60 Å². The number of carbonyl (C=O) groups excluding carboxylic acids is 1. The minimum absolute atomic E-state index is 0.0876. The summed E-state index contributed by atoms with van der Waals surface area (Å²) >= 11 is 0. The van der Waals surface area contributed by atoms with E-state index in [4.69, 9.17) is 4.74 Å². The van der Waals surface area contributed by atoms with E-state index in [1.165, 1.54) is 0 Å². The van der Waals surface area contributed by atoms with Gasteiger partial charge in [0.2, 0.25) is 0 Å². The molecule has 3 heteroatoms. The van der Waals surface area contributed by atoms with E-state index in [-0.39, 0.29) is 5.78 Å². The van der Waals surface area contributed by atoms with Crippen molar-refractivity contribution in [1.29, 1.82) is 0 Å². The highest BCUT2D eigenvalue weighted by Crippen LogP contribution is 2.20. The lowest BCUT2D eigenvalue weighted by atomic mass is 9.93. The van der Waals surface area contributed by atoms with Gasteiger partial charge in [0.1, 0.15) is 5.60 Å². The van der Waals surface area contributed by atoms with Crippen molar-refractivity contribution in [2.24, 2.45) is 0 Å². The molecule has 0 bridgehead atoms. The summed E-state index contributed by atoms with van der Waals surface area (Å²) in [4.78, 5) is 17.0. The zero-order valence-electron chi connectivity index (χ0n) is 12.3. The van der Waals surface area contributed by atoms with E-state index in [9.17, 15) is 4.79 Å². The topological polar surface area (TPSA) is 39.2 Å². The molecule has 0 saturated heterocycles. The van der Waals surface area contributed by atoms with Crippen molar-refractivity contribution >= 4 is 16.7 Å². The highest BCUT2D eigenvalue weighted by molar-refractivity contribution is 5.89. The smallest absolute Gasteiger partial charge is 0.170 e. The summed E-state index contributed by atoms with van der Waals surface area (Å²) in [6.07, 6.45) is 0.989.